The van der Waals surface area contributed by atoms with Gasteiger partial charge in [-0.25, -0.2) is 0 Å². The molecule has 9 rings (SSSR count). The monoisotopic (exact) mass is 497 g/mol. The first-order chi connectivity index (χ1) is 18.4. The lowest BCUT2D eigenvalue weighted by Crippen LogP contribution is -2.22. The summed E-state index contributed by atoms with van der Waals surface area (Å²) in [6.45, 7) is 0. The predicted molar refractivity (Wildman–Crippen MR) is 155 cm³/mol. The first-order valence-electron chi connectivity index (χ1n) is 13.7. The number of nitrogens with zero attached hydrogens (tertiary/aromatic N) is 1. The molecule has 0 saturated carbocycles. The topological polar surface area (TPSA) is 12.5 Å². The van der Waals surface area contributed by atoms with Crippen molar-refractivity contribution in [3.05, 3.63) is 113 Å². The van der Waals surface area contributed by atoms with Gasteiger partial charge in [0.05, 0.1) is 16.1 Å². The third-order valence-electron chi connectivity index (χ3n) is 9.19. The summed E-state index contributed by atoms with van der Waals surface area (Å²) in [5.41, 5.74) is 8.61. The zero-order valence-electron chi connectivity index (χ0n) is 20.6. The summed E-state index contributed by atoms with van der Waals surface area (Å²) in [4.78, 5) is 2.65. The lowest BCUT2D eigenvalue weighted by molar-refractivity contribution is 0.190. The minimum absolute atomic E-state index is 0.143. The molecule has 2 aliphatic heterocycles. The van der Waals surface area contributed by atoms with Gasteiger partial charge in [0, 0.05) is 44.5 Å². The number of hydrogen-bond acceptors (Lipinski definition) is 3. The van der Waals surface area contributed by atoms with E-state index in [0.717, 1.165) is 12.8 Å². The Labute approximate surface area is 220 Å². The van der Waals surface area contributed by atoms with E-state index in [1.54, 1.807) is 0 Å². The Morgan fingerprint density at radius 1 is 0.946 bits per heavy atom. The molecule has 4 unspecified atom stereocenters. The van der Waals surface area contributed by atoms with Crippen LogP contribution in [0.15, 0.2) is 96.4 Å². The number of thiophene rings is 1. The van der Waals surface area contributed by atoms with Gasteiger partial charge in [0.2, 0.25) is 0 Å². The minimum Gasteiger partial charge on any atom is -0.490 e. The number of ether oxygens (including phenoxy) is 1. The Bertz CT molecular complexity index is 1750. The van der Waals surface area contributed by atoms with Gasteiger partial charge in [-0.1, -0.05) is 66.8 Å². The molecule has 4 aromatic rings. The van der Waals surface area contributed by atoms with Crippen LogP contribution < -0.4 is 4.90 Å². The molecule has 4 atom stereocenters. The van der Waals surface area contributed by atoms with Gasteiger partial charge in [0.1, 0.15) is 11.9 Å². The Morgan fingerprint density at radius 3 is 2.86 bits per heavy atom. The minimum atomic E-state index is 0.143. The highest BCUT2D eigenvalue weighted by Gasteiger charge is 2.46. The van der Waals surface area contributed by atoms with E-state index in [0.29, 0.717) is 17.8 Å². The Morgan fingerprint density at radius 2 is 1.86 bits per heavy atom. The van der Waals surface area contributed by atoms with Crippen molar-refractivity contribution >= 4 is 49.0 Å². The Hall–Kier alpha value is -3.56. The second-order valence-electron chi connectivity index (χ2n) is 11.0. The van der Waals surface area contributed by atoms with Crippen LogP contribution in [0.1, 0.15) is 54.2 Å². The largest absolute Gasteiger partial charge is 0.490 e. The van der Waals surface area contributed by atoms with Crippen molar-refractivity contribution in [2.24, 2.45) is 5.92 Å². The summed E-state index contributed by atoms with van der Waals surface area (Å²) in [5.74, 6) is 2.48. The quantitative estimate of drug-likeness (QED) is 0.260. The number of benzene rings is 3. The Kier molecular flexibility index (Phi) is 4.15. The maximum atomic E-state index is 6.44. The maximum Gasteiger partial charge on any atom is 0.124 e. The molecule has 180 valence electrons. The predicted octanol–water partition coefficient (Wildman–Crippen LogP) is 9.33. The van der Waals surface area contributed by atoms with E-state index in [-0.39, 0.29) is 6.10 Å². The van der Waals surface area contributed by atoms with Crippen LogP contribution in [0.2, 0.25) is 0 Å². The molecule has 1 fully saturated rings. The standard InChI is InChI=1S/C34H27NOS/c1-4-12-27-20(8-1)23-17-16-22-24(18-19-30-32(22)26-10-2-5-14-29(26)36-30)33(23)35(27)28-13-7-11-25-21-9-3-6-15-31(21)37-34(25)28/h2-3,5-7,9,11-20,26,30,32H,1,4,8,10H2. The van der Waals surface area contributed by atoms with E-state index in [4.69, 9.17) is 4.74 Å². The van der Waals surface area contributed by atoms with Gasteiger partial charge in [0.25, 0.3) is 0 Å². The first kappa shape index (κ1) is 20.5. The van der Waals surface area contributed by atoms with Gasteiger partial charge in [-0.3, -0.25) is 0 Å². The van der Waals surface area contributed by atoms with Crippen LogP contribution in [-0.2, 0) is 4.74 Å². The zero-order chi connectivity index (χ0) is 24.1. The summed E-state index contributed by atoms with van der Waals surface area (Å²) in [6.07, 6.45) is 18.7. The van der Waals surface area contributed by atoms with Crippen molar-refractivity contribution in [2.75, 3.05) is 4.90 Å². The molecule has 0 amide bonds. The van der Waals surface area contributed by atoms with E-state index in [1.807, 2.05) is 11.3 Å². The van der Waals surface area contributed by atoms with Gasteiger partial charge < -0.3 is 9.64 Å². The second kappa shape index (κ2) is 7.49. The van der Waals surface area contributed by atoms with E-state index in [2.05, 4.69) is 96.0 Å². The van der Waals surface area contributed by atoms with Crippen LogP contribution in [-0.4, -0.2) is 6.10 Å². The highest BCUT2D eigenvalue weighted by molar-refractivity contribution is 7.26. The fraction of sp³-hybridized carbons (Fsp3) is 0.235. The van der Waals surface area contributed by atoms with Crippen molar-refractivity contribution in [3.63, 3.8) is 0 Å². The van der Waals surface area contributed by atoms with Crippen LogP contribution >= 0.6 is 11.3 Å². The smallest absolute Gasteiger partial charge is 0.124 e. The maximum absolute atomic E-state index is 6.44. The molecule has 0 radical (unpaired) electrons. The number of allylic oxidation sites excluding steroid dienone is 6. The molecule has 1 saturated heterocycles. The molecule has 5 aliphatic rings. The molecule has 3 heterocycles. The van der Waals surface area contributed by atoms with Gasteiger partial charge in [0.15, 0.2) is 0 Å². The molecule has 3 aromatic carbocycles. The third kappa shape index (κ3) is 2.70. The van der Waals surface area contributed by atoms with Crippen LogP contribution in [0.5, 0.6) is 0 Å². The van der Waals surface area contributed by atoms with Crippen molar-refractivity contribution in [1.82, 2.24) is 0 Å². The third-order valence-corrected chi connectivity index (χ3v) is 10.4. The van der Waals surface area contributed by atoms with Crippen molar-refractivity contribution in [1.29, 1.82) is 0 Å². The lowest BCUT2D eigenvalue weighted by atomic mass is 9.75. The molecular formula is C34H27NOS. The number of fused-ring (bicyclic) bond motifs is 12. The Balaban J connectivity index is 1.30. The van der Waals surface area contributed by atoms with E-state index < -0.39 is 0 Å². The van der Waals surface area contributed by atoms with Gasteiger partial charge in [-0.05, 0) is 61.1 Å². The van der Waals surface area contributed by atoms with Gasteiger partial charge >= 0.3 is 0 Å². The molecule has 3 heteroatoms. The van der Waals surface area contributed by atoms with Crippen molar-refractivity contribution in [2.45, 2.75) is 43.6 Å². The molecule has 2 nitrogen and oxygen atoms in total. The SMILES string of the molecule is C1=CCC2C(=C1)OC1C=Cc3c(ccc4c3N(c3cccc5c3sc3ccccc35)C3=CCCCC34)C12. The summed E-state index contributed by atoms with van der Waals surface area (Å²) < 4.78 is 9.20. The van der Waals surface area contributed by atoms with Crippen LogP contribution in [0.4, 0.5) is 11.4 Å². The van der Waals surface area contributed by atoms with Gasteiger partial charge in [-0.2, -0.15) is 0 Å². The summed E-state index contributed by atoms with van der Waals surface area (Å²) in [6, 6.07) is 20.7. The summed E-state index contributed by atoms with van der Waals surface area (Å²) >= 11 is 1.93. The van der Waals surface area contributed by atoms with Crippen LogP contribution in [0, 0.1) is 5.92 Å². The lowest BCUT2D eigenvalue weighted by Gasteiger charge is -2.30. The molecule has 37 heavy (non-hydrogen) atoms. The normalized spacial score (nSPS) is 26.8. The van der Waals surface area contributed by atoms with Crippen molar-refractivity contribution < 1.29 is 4.74 Å². The molecule has 0 N–H and O–H groups in total. The zero-order valence-corrected chi connectivity index (χ0v) is 21.4. The van der Waals surface area contributed by atoms with Gasteiger partial charge in [-0.15, -0.1) is 11.3 Å². The summed E-state index contributed by atoms with van der Waals surface area (Å²) in [7, 11) is 0. The fourth-order valence-corrected chi connectivity index (χ4v) is 8.85. The first-order valence-corrected chi connectivity index (χ1v) is 14.5. The second-order valence-corrected chi connectivity index (χ2v) is 12.1. The van der Waals surface area contributed by atoms with Crippen LogP contribution in [0.25, 0.3) is 26.2 Å². The van der Waals surface area contributed by atoms with E-state index >= 15 is 0 Å². The van der Waals surface area contributed by atoms with E-state index in [9.17, 15) is 0 Å². The summed E-state index contributed by atoms with van der Waals surface area (Å²) in [5, 5.41) is 2.73. The fourth-order valence-electron chi connectivity index (χ4n) is 7.64. The number of hydrogen-bond donors (Lipinski definition) is 0. The van der Waals surface area contributed by atoms with Crippen molar-refractivity contribution in [3.8, 4) is 0 Å². The van der Waals surface area contributed by atoms with Crippen LogP contribution in [0.3, 0.4) is 0 Å². The van der Waals surface area contributed by atoms with E-state index in [1.165, 1.54) is 72.5 Å². The highest BCUT2D eigenvalue weighted by Crippen LogP contribution is 2.59. The molecule has 0 bridgehead atoms. The molecule has 3 aliphatic carbocycles. The molecule has 1 aromatic heterocycles. The number of anilines is 2. The number of rotatable bonds is 1. The molecular weight excluding hydrogens is 470 g/mol. The molecule has 0 spiro atoms. The highest BCUT2D eigenvalue weighted by atomic mass is 32.1. The average molecular weight is 498 g/mol. The average Bonchev–Trinajstić information content (AvgIpc) is 3.62.